The number of sulfone groups is 1. The van der Waals surface area contributed by atoms with Crippen molar-refractivity contribution in [1.82, 2.24) is 5.32 Å². The van der Waals surface area contributed by atoms with E-state index in [2.05, 4.69) is 17.2 Å². The third-order valence-electron chi connectivity index (χ3n) is 3.12. The van der Waals surface area contributed by atoms with Gasteiger partial charge in [0.05, 0.1) is 23.1 Å². The van der Waals surface area contributed by atoms with Crippen LogP contribution in [0.3, 0.4) is 0 Å². The summed E-state index contributed by atoms with van der Waals surface area (Å²) in [5, 5.41) is 3.07. The smallest absolute Gasteiger partial charge is 0.251 e. The molecule has 21 heavy (non-hydrogen) atoms. The average molecular weight is 327 g/mol. The summed E-state index contributed by atoms with van der Waals surface area (Å²) < 4.78 is 22.7. The first kappa shape index (κ1) is 15.8. The quantitative estimate of drug-likeness (QED) is 0.777. The lowest BCUT2D eigenvalue weighted by Gasteiger charge is -2.11. The van der Waals surface area contributed by atoms with Crippen LogP contribution in [0.25, 0.3) is 0 Å². The maximum atomic E-state index is 12.1. The van der Waals surface area contributed by atoms with E-state index in [0.717, 1.165) is 0 Å². The number of benzene rings is 1. The van der Waals surface area contributed by atoms with Crippen LogP contribution in [-0.4, -0.2) is 38.4 Å². The highest BCUT2D eigenvalue weighted by atomic mass is 35.5. The molecule has 1 aliphatic rings. The first-order valence-electron chi connectivity index (χ1n) is 6.41. The van der Waals surface area contributed by atoms with Gasteiger partial charge in [0.1, 0.15) is 0 Å². The summed E-state index contributed by atoms with van der Waals surface area (Å²) >= 11 is 6.05. The van der Waals surface area contributed by atoms with Crippen LogP contribution in [0, 0.1) is 11.8 Å². The van der Waals surface area contributed by atoms with E-state index in [-0.39, 0.29) is 30.0 Å². The molecule has 1 atom stereocenters. The molecule has 1 saturated heterocycles. The zero-order valence-corrected chi connectivity index (χ0v) is 12.8. The molecule has 0 saturated carbocycles. The standard InChI is InChI=1S/C14H15ClN2O3S/c15-13-8-11(4-3-10(13)2-1-6-16)14(18)17-12-5-7-21(19,20)9-12/h3-4,8,12H,5-7,9,16H2,(H,17,18). The molecule has 0 bridgehead atoms. The van der Waals surface area contributed by atoms with Crippen LogP contribution in [0.15, 0.2) is 18.2 Å². The molecule has 1 aromatic rings. The second-order valence-electron chi connectivity index (χ2n) is 4.77. The summed E-state index contributed by atoms with van der Waals surface area (Å²) in [7, 11) is -3.02. The van der Waals surface area contributed by atoms with Crippen LogP contribution >= 0.6 is 11.6 Å². The minimum Gasteiger partial charge on any atom is -0.348 e. The number of nitrogens with two attached hydrogens (primary N) is 1. The van der Waals surface area contributed by atoms with Crippen LogP contribution in [0.5, 0.6) is 0 Å². The van der Waals surface area contributed by atoms with Gasteiger partial charge in [-0.1, -0.05) is 23.4 Å². The first-order chi connectivity index (χ1) is 9.91. The first-order valence-corrected chi connectivity index (χ1v) is 8.61. The molecule has 5 nitrogen and oxygen atoms in total. The maximum Gasteiger partial charge on any atom is 0.251 e. The highest BCUT2D eigenvalue weighted by molar-refractivity contribution is 7.91. The Kier molecular flexibility index (Phi) is 4.88. The van der Waals surface area contributed by atoms with E-state index in [9.17, 15) is 13.2 Å². The molecule has 7 heteroatoms. The van der Waals surface area contributed by atoms with Crippen LogP contribution in [-0.2, 0) is 9.84 Å². The van der Waals surface area contributed by atoms with Crippen LogP contribution in [0.1, 0.15) is 22.3 Å². The Morgan fingerprint density at radius 1 is 1.48 bits per heavy atom. The normalized spacial score (nSPS) is 19.6. The molecular weight excluding hydrogens is 312 g/mol. The summed E-state index contributed by atoms with van der Waals surface area (Å²) in [4.78, 5) is 12.1. The fourth-order valence-electron chi connectivity index (χ4n) is 2.08. The Hall–Kier alpha value is -1.55. The van der Waals surface area contributed by atoms with Gasteiger partial charge >= 0.3 is 0 Å². The molecule has 2 rings (SSSR count). The van der Waals surface area contributed by atoms with Crippen molar-refractivity contribution in [3.05, 3.63) is 34.3 Å². The zero-order valence-electron chi connectivity index (χ0n) is 11.2. The zero-order chi connectivity index (χ0) is 15.5. The summed E-state index contributed by atoms with van der Waals surface area (Å²) in [6.45, 7) is 0.231. The SMILES string of the molecule is NCC#Cc1ccc(C(=O)NC2CCS(=O)(=O)C2)cc1Cl. The summed E-state index contributed by atoms with van der Waals surface area (Å²) in [6.07, 6.45) is 0.446. The van der Waals surface area contributed by atoms with Gasteiger partial charge in [-0.15, -0.1) is 0 Å². The lowest BCUT2D eigenvalue weighted by Crippen LogP contribution is -2.35. The number of amides is 1. The molecule has 0 aromatic heterocycles. The Morgan fingerprint density at radius 2 is 2.24 bits per heavy atom. The van der Waals surface area contributed by atoms with Crippen molar-refractivity contribution in [2.24, 2.45) is 5.73 Å². The van der Waals surface area contributed by atoms with Crippen LogP contribution in [0.4, 0.5) is 0 Å². The van der Waals surface area contributed by atoms with Gasteiger partial charge < -0.3 is 11.1 Å². The molecule has 1 unspecified atom stereocenters. The monoisotopic (exact) mass is 326 g/mol. The Bertz CT molecular complexity index is 719. The predicted octanol–water partition coefficient (Wildman–Crippen LogP) is 0.567. The minimum atomic E-state index is -3.02. The summed E-state index contributed by atoms with van der Waals surface area (Å²) in [5.41, 5.74) is 6.26. The van der Waals surface area contributed by atoms with Gasteiger partial charge in [-0.05, 0) is 24.6 Å². The van der Waals surface area contributed by atoms with Crippen molar-refractivity contribution in [1.29, 1.82) is 0 Å². The van der Waals surface area contributed by atoms with Crippen molar-refractivity contribution >= 4 is 27.3 Å². The highest BCUT2D eigenvalue weighted by Crippen LogP contribution is 2.18. The second-order valence-corrected chi connectivity index (χ2v) is 7.41. The van der Waals surface area contributed by atoms with Crippen LogP contribution in [0.2, 0.25) is 5.02 Å². The number of hydrogen-bond donors (Lipinski definition) is 2. The van der Waals surface area contributed by atoms with Gasteiger partial charge in [0, 0.05) is 17.2 Å². The molecule has 1 fully saturated rings. The topological polar surface area (TPSA) is 89.3 Å². The van der Waals surface area contributed by atoms with Gasteiger partial charge in [-0.2, -0.15) is 0 Å². The van der Waals surface area contributed by atoms with E-state index >= 15 is 0 Å². The molecule has 0 aliphatic carbocycles. The van der Waals surface area contributed by atoms with Crippen molar-refractivity contribution < 1.29 is 13.2 Å². The summed E-state index contributed by atoms with van der Waals surface area (Å²) in [6, 6.07) is 4.43. The number of carbonyl (C=O) groups is 1. The van der Waals surface area contributed by atoms with Crippen molar-refractivity contribution in [2.75, 3.05) is 18.1 Å². The Balaban J connectivity index is 2.08. The Labute approximate surface area is 128 Å². The molecule has 0 radical (unpaired) electrons. The largest absolute Gasteiger partial charge is 0.348 e. The lowest BCUT2D eigenvalue weighted by atomic mass is 10.1. The predicted molar refractivity (Wildman–Crippen MR) is 81.9 cm³/mol. The van der Waals surface area contributed by atoms with Gasteiger partial charge in [0.15, 0.2) is 9.84 Å². The van der Waals surface area contributed by atoms with Gasteiger partial charge in [0.2, 0.25) is 0 Å². The molecule has 1 heterocycles. The highest BCUT2D eigenvalue weighted by Gasteiger charge is 2.29. The third kappa shape index (κ3) is 4.21. The van der Waals surface area contributed by atoms with Crippen molar-refractivity contribution in [3.63, 3.8) is 0 Å². The van der Waals surface area contributed by atoms with Crippen molar-refractivity contribution in [3.8, 4) is 11.8 Å². The average Bonchev–Trinajstić information content (AvgIpc) is 2.76. The number of halogens is 1. The van der Waals surface area contributed by atoms with E-state index in [0.29, 0.717) is 22.6 Å². The second kappa shape index (κ2) is 6.48. The van der Waals surface area contributed by atoms with E-state index in [1.54, 1.807) is 12.1 Å². The van der Waals surface area contributed by atoms with Gasteiger partial charge in [-0.3, -0.25) is 4.79 Å². The number of carbonyl (C=O) groups excluding carboxylic acids is 1. The fraction of sp³-hybridized carbons (Fsp3) is 0.357. The Morgan fingerprint density at radius 3 is 2.81 bits per heavy atom. The minimum absolute atomic E-state index is 0.00741. The molecule has 1 aromatic carbocycles. The number of hydrogen-bond acceptors (Lipinski definition) is 4. The van der Waals surface area contributed by atoms with E-state index in [1.807, 2.05) is 0 Å². The van der Waals surface area contributed by atoms with Crippen LogP contribution < -0.4 is 11.1 Å². The van der Waals surface area contributed by atoms with E-state index in [4.69, 9.17) is 17.3 Å². The molecular formula is C14H15ClN2O3S. The van der Waals surface area contributed by atoms with Gasteiger partial charge in [0.25, 0.3) is 5.91 Å². The van der Waals surface area contributed by atoms with E-state index < -0.39 is 9.84 Å². The third-order valence-corrected chi connectivity index (χ3v) is 5.20. The van der Waals surface area contributed by atoms with E-state index in [1.165, 1.54) is 6.07 Å². The number of rotatable bonds is 2. The molecule has 1 amide bonds. The number of nitrogens with one attached hydrogen (secondary N) is 1. The van der Waals surface area contributed by atoms with Gasteiger partial charge in [-0.25, -0.2) is 8.42 Å². The fourth-order valence-corrected chi connectivity index (χ4v) is 3.98. The molecule has 3 N–H and O–H groups in total. The molecule has 0 spiro atoms. The van der Waals surface area contributed by atoms with Crippen molar-refractivity contribution in [2.45, 2.75) is 12.5 Å². The summed E-state index contributed by atoms with van der Waals surface area (Å²) in [5.74, 6) is 5.27. The lowest BCUT2D eigenvalue weighted by molar-refractivity contribution is 0.0941. The molecule has 1 aliphatic heterocycles. The molecule has 112 valence electrons. The maximum absolute atomic E-state index is 12.1.